The molecule has 0 aromatic heterocycles. The van der Waals surface area contributed by atoms with Gasteiger partial charge >= 0.3 is 0 Å². The Bertz CT molecular complexity index is 1460. The molecule has 1 unspecified atom stereocenters. The summed E-state index contributed by atoms with van der Waals surface area (Å²) in [5.74, 6) is 0.643. The van der Waals surface area contributed by atoms with E-state index >= 15 is 0 Å². The van der Waals surface area contributed by atoms with Crippen molar-refractivity contribution in [1.82, 2.24) is 0 Å². The zero-order valence-electron chi connectivity index (χ0n) is 19.0. The van der Waals surface area contributed by atoms with Gasteiger partial charge in [0, 0.05) is 0 Å². The van der Waals surface area contributed by atoms with Crippen LogP contribution in [0.4, 0.5) is 0 Å². The summed E-state index contributed by atoms with van der Waals surface area (Å²) in [6.45, 7) is 7.23. The van der Waals surface area contributed by atoms with Crippen LogP contribution in [-0.2, 0) is 11.8 Å². The Kier molecular flexibility index (Phi) is 4.27. The third-order valence-corrected chi connectivity index (χ3v) is 7.82. The third kappa shape index (κ3) is 2.76. The van der Waals surface area contributed by atoms with E-state index in [0.717, 1.165) is 6.42 Å². The molecule has 0 fully saturated rings. The van der Waals surface area contributed by atoms with E-state index in [1.807, 2.05) is 0 Å². The lowest BCUT2D eigenvalue weighted by Gasteiger charge is -2.26. The van der Waals surface area contributed by atoms with Gasteiger partial charge in [0.2, 0.25) is 0 Å². The van der Waals surface area contributed by atoms with Gasteiger partial charge in [0.05, 0.1) is 0 Å². The number of fused-ring (bicyclic) bond motifs is 3. The van der Waals surface area contributed by atoms with Gasteiger partial charge in [-0.25, -0.2) is 0 Å². The third-order valence-electron chi connectivity index (χ3n) is 7.82. The highest BCUT2D eigenvalue weighted by atomic mass is 14.4. The molecule has 0 saturated carbocycles. The standard InChI is InChI=1S/C32H28/c1-21-18-24-19-27-28(20-29(24)32(21,2)3)31(23-14-8-5-9-15-23)26-17-11-10-16-25(26)30(27)22-12-6-4-7-13-22/h4-17,19-21H,18H2,1-3H3. The fourth-order valence-electron chi connectivity index (χ4n) is 5.72. The molecule has 6 rings (SSSR count). The number of hydrogen-bond donors (Lipinski definition) is 0. The predicted octanol–water partition coefficient (Wildman–Crippen LogP) is 8.80. The Labute approximate surface area is 190 Å². The summed E-state index contributed by atoms with van der Waals surface area (Å²) in [6, 6.07) is 35.8. The molecule has 0 saturated heterocycles. The first-order valence-electron chi connectivity index (χ1n) is 11.7. The molecule has 1 aliphatic rings. The second-order valence-electron chi connectivity index (χ2n) is 9.91. The van der Waals surface area contributed by atoms with E-state index in [9.17, 15) is 0 Å². The average molecular weight is 413 g/mol. The van der Waals surface area contributed by atoms with Crippen LogP contribution in [0.25, 0.3) is 43.8 Å². The molecule has 0 nitrogen and oxygen atoms in total. The second-order valence-corrected chi connectivity index (χ2v) is 9.91. The van der Waals surface area contributed by atoms with Crippen LogP contribution in [-0.4, -0.2) is 0 Å². The number of benzene rings is 5. The first kappa shape index (κ1) is 19.3. The smallest absolute Gasteiger partial charge is 0.00263 e. The largest absolute Gasteiger partial charge is 0.0622 e. The molecule has 5 aromatic rings. The first-order valence-corrected chi connectivity index (χ1v) is 11.7. The van der Waals surface area contributed by atoms with Gasteiger partial charge in [-0.05, 0) is 78.7 Å². The molecule has 0 radical (unpaired) electrons. The SMILES string of the molecule is CC1Cc2cc3c(-c4ccccc4)c4ccccc4c(-c4ccccc4)c3cc2C1(C)C. The molecular formula is C32H28. The Hall–Kier alpha value is -3.38. The van der Waals surface area contributed by atoms with Crippen LogP contribution in [0.2, 0.25) is 0 Å². The number of hydrogen-bond acceptors (Lipinski definition) is 0. The van der Waals surface area contributed by atoms with Crippen molar-refractivity contribution in [1.29, 1.82) is 0 Å². The molecule has 0 spiro atoms. The molecular weight excluding hydrogens is 384 g/mol. The van der Waals surface area contributed by atoms with E-state index in [-0.39, 0.29) is 5.41 Å². The summed E-state index contributed by atoms with van der Waals surface area (Å²) in [5.41, 5.74) is 8.52. The summed E-state index contributed by atoms with van der Waals surface area (Å²) >= 11 is 0. The maximum atomic E-state index is 2.52. The molecule has 156 valence electrons. The molecule has 0 heteroatoms. The molecule has 1 atom stereocenters. The highest BCUT2D eigenvalue weighted by Gasteiger charge is 2.37. The van der Waals surface area contributed by atoms with Crippen LogP contribution in [0.3, 0.4) is 0 Å². The van der Waals surface area contributed by atoms with Crippen molar-refractivity contribution in [2.24, 2.45) is 5.92 Å². The van der Waals surface area contributed by atoms with Gasteiger partial charge in [-0.2, -0.15) is 0 Å². The minimum Gasteiger partial charge on any atom is -0.0622 e. The highest BCUT2D eigenvalue weighted by molar-refractivity contribution is 6.21. The van der Waals surface area contributed by atoms with Crippen LogP contribution in [0.5, 0.6) is 0 Å². The maximum Gasteiger partial charge on any atom is -0.00263 e. The lowest BCUT2D eigenvalue weighted by Crippen LogP contribution is -2.21. The minimum atomic E-state index is 0.191. The number of rotatable bonds is 2. The molecule has 0 N–H and O–H groups in total. The Balaban J connectivity index is 1.85. The Morgan fingerprint density at radius 2 is 1.06 bits per heavy atom. The van der Waals surface area contributed by atoms with Crippen molar-refractivity contribution in [3.8, 4) is 22.3 Å². The zero-order chi connectivity index (χ0) is 21.9. The lowest BCUT2D eigenvalue weighted by molar-refractivity contribution is 0.379. The van der Waals surface area contributed by atoms with Gasteiger partial charge < -0.3 is 0 Å². The molecule has 1 aliphatic carbocycles. The van der Waals surface area contributed by atoms with Crippen LogP contribution in [0.1, 0.15) is 31.9 Å². The fourth-order valence-corrected chi connectivity index (χ4v) is 5.72. The van der Waals surface area contributed by atoms with Crippen LogP contribution < -0.4 is 0 Å². The molecule has 32 heavy (non-hydrogen) atoms. The average Bonchev–Trinajstić information content (AvgIpc) is 3.04. The minimum absolute atomic E-state index is 0.191. The van der Waals surface area contributed by atoms with E-state index < -0.39 is 0 Å². The molecule has 0 aliphatic heterocycles. The van der Waals surface area contributed by atoms with Gasteiger partial charge in [0.25, 0.3) is 0 Å². The van der Waals surface area contributed by atoms with Crippen molar-refractivity contribution in [3.63, 3.8) is 0 Å². The first-order chi connectivity index (χ1) is 15.6. The van der Waals surface area contributed by atoms with Gasteiger partial charge in [0.1, 0.15) is 0 Å². The summed E-state index contributed by atoms with van der Waals surface area (Å²) in [5, 5.41) is 5.40. The van der Waals surface area contributed by atoms with Crippen LogP contribution in [0.15, 0.2) is 97.1 Å². The van der Waals surface area contributed by atoms with Gasteiger partial charge in [-0.3, -0.25) is 0 Å². The fraction of sp³-hybridized carbons (Fsp3) is 0.188. The van der Waals surface area contributed by atoms with E-state index in [1.165, 1.54) is 54.9 Å². The second kappa shape index (κ2) is 7.07. The lowest BCUT2D eigenvalue weighted by atomic mass is 9.78. The van der Waals surface area contributed by atoms with Crippen LogP contribution in [0, 0.1) is 5.92 Å². The van der Waals surface area contributed by atoms with E-state index in [4.69, 9.17) is 0 Å². The van der Waals surface area contributed by atoms with Crippen molar-refractivity contribution in [2.75, 3.05) is 0 Å². The topological polar surface area (TPSA) is 0 Å². The van der Waals surface area contributed by atoms with Gasteiger partial charge in [-0.1, -0.05) is 112 Å². The van der Waals surface area contributed by atoms with Crippen molar-refractivity contribution in [2.45, 2.75) is 32.6 Å². The summed E-state index contributed by atoms with van der Waals surface area (Å²) in [6.07, 6.45) is 1.15. The molecule has 5 aromatic carbocycles. The molecule has 0 heterocycles. The van der Waals surface area contributed by atoms with Gasteiger partial charge in [0.15, 0.2) is 0 Å². The Morgan fingerprint density at radius 3 is 1.59 bits per heavy atom. The van der Waals surface area contributed by atoms with E-state index in [1.54, 1.807) is 0 Å². The zero-order valence-corrected chi connectivity index (χ0v) is 19.0. The maximum absolute atomic E-state index is 2.52. The predicted molar refractivity (Wildman–Crippen MR) is 138 cm³/mol. The normalized spacial score (nSPS) is 17.0. The monoisotopic (exact) mass is 412 g/mol. The Morgan fingerprint density at radius 1 is 0.594 bits per heavy atom. The van der Waals surface area contributed by atoms with Crippen molar-refractivity contribution in [3.05, 3.63) is 108 Å². The van der Waals surface area contributed by atoms with Crippen molar-refractivity contribution >= 4 is 21.5 Å². The summed E-state index contributed by atoms with van der Waals surface area (Å²) in [4.78, 5) is 0. The van der Waals surface area contributed by atoms with Gasteiger partial charge in [-0.15, -0.1) is 0 Å². The quantitative estimate of drug-likeness (QED) is 0.254. The van der Waals surface area contributed by atoms with Crippen LogP contribution >= 0.6 is 0 Å². The van der Waals surface area contributed by atoms with E-state index in [0.29, 0.717) is 5.92 Å². The molecule has 0 bridgehead atoms. The van der Waals surface area contributed by atoms with Crippen molar-refractivity contribution < 1.29 is 0 Å². The summed E-state index contributed by atoms with van der Waals surface area (Å²) < 4.78 is 0. The highest BCUT2D eigenvalue weighted by Crippen LogP contribution is 2.49. The summed E-state index contributed by atoms with van der Waals surface area (Å²) in [7, 11) is 0. The molecule has 0 amide bonds. The van der Waals surface area contributed by atoms with E-state index in [2.05, 4.69) is 118 Å².